The summed E-state index contributed by atoms with van der Waals surface area (Å²) < 4.78 is 5.82. The third-order valence-corrected chi connectivity index (χ3v) is 3.94. The van der Waals surface area contributed by atoms with Crippen molar-refractivity contribution in [1.82, 2.24) is 0 Å². The zero-order valence-corrected chi connectivity index (χ0v) is 9.48. The summed E-state index contributed by atoms with van der Waals surface area (Å²) in [4.78, 5) is 0. The molecule has 1 aromatic carbocycles. The third kappa shape index (κ3) is 1.76. The second-order valence-corrected chi connectivity index (χ2v) is 5.09. The molecule has 3 rings (SSSR count). The molecule has 0 aromatic heterocycles. The Balaban J connectivity index is 1.81. The molecule has 0 radical (unpaired) electrons. The fourth-order valence-electron chi connectivity index (χ4n) is 2.78. The minimum absolute atomic E-state index is 0.107. The van der Waals surface area contributed by atoms with Gasteiger partial charge in [0.1, 0.15) is 0 Å². The number of hydrogen-bond donors (Lipinski definition) is 1. The minimum Gasteiger partial charge on any atom is -0.390 e. The lowest BCUT2D eigenvalue weighted by molar-refractivity contribution is -0.0882. The van der Waals surface area contributed by atoms with E-state index in [1.54, 1.807) is 0 Å². The summed E-state index contributed by atoms with van der Waals surface area (Å²) in [6.45, 7) is 0.789. The lowest BCUT2D eigenvalue weighted by Gasteiger charge is -2.40. The summed E-state index contributed by atoms with van der Waals surface area (Å²) in [6, 6.07) is 8.46. The second-order valence-electron chi connectivity index (χ2n) is 5.09. The molecule has 2 aliphatic rings. The van der Waals surface area contributed by atoms with Gasteiger partial charge in [0.25, 0.3) is 0 Å². The van der Waals surface area contributed by atoms with Gasteiger partial charge >= 0.3 is 0 Å². The molecule has 1 N–H and O–H groups in total. The van der Waals surface area contributed by atoms with Gasteiger partial charge in [0.2, 0.25) is 0 Å². The molecule has 0 bridgehead atoms. The van der Waals surface area contributed by atoms with Gasteiger partial charge in [-0.15, -0.1) is 0 Å². The molecule has 86 valence electrons. The van der Waals surface area contributed by atoms with Crippen LogP contribution >= 0.6 is 0 Å². The first kappa shape index (κ1) is 10.3. The molecule has 1 unspecified atom stereocenters. The Labute approximate surface area is 96.2 Å². The summed E-state index contributed by atoms with van der Waals surface area (Å²) in [5, 5.41) is 10.2. The van der Waals surface area contributed by atoms with Crippen molar-refractivity contribution in [2.24, 2.45) is 0 Å². The molecule has 1 aromatic rings. The molecule has 2 nitrogen and oxygen atoms in total. The van der Waals surface area contributed by atoms with Gasteiger partial charge in [0.05, 0.1) is 18.3 Å². The smallest absolute Gasteiger partial charge is 0.0855 e. The summed E-state index contributed by atoms with van der Waals surface area (Å²) in [5.74, 6) is 0. The maximum Gasteiger partial charge on any atom is 0.0855 e. The highest BCUT2D eigenvalue weighted by molar-refractivity contribution is 5.31. The fourth-order valence-corrected chi connectivity index (χ4v) is 2.78. The zero-order valence-electron chi connectivity index (χ0n) is 9.48. The number of rotatable bonds is 2. The van der Waals surface area contributed by atoms with Crippen molar-refractivity contribution >= 4 is 0 Å². The maximum atomic E-state index is 10.2. The van der Waals surface area contributed by atoms with Crippen molar-refractivity contribution in [2.45, 2.75) is 43.8 Å². The van der Waals surface area contributed by atoms with Crippen molar-refractivity contribution in [2.75, 3.05) is 6.61 Å². The van der Waals surface area contributed by atoms with Crippen molar-refractivity contribution in [3.05, 3.63) is 35.4 Å². The monoisotopic (exact) mass is 218 g/mol. The second kappa shape index (κ2) is 3.86. The molecule has 1 saturated carbocycles. The molecule has 2 heteroatoms. The van der Waals surface area contributed by atoms with E-state index >= 15 is 0 Å². The van der Waals surface area contributed by atoms with Gasteiger partial charge in [-0.3, -0.25) is 0 Å². The standard InChI is InChI=1S/C14H18O2/c15-14(7-3-8-14)10-13-12-5-2-1-4-11(12)6-9-16-13/h1-2,4-5,13,15H,3,6-10H2. The molecule has 1 aliphatic heterocycles. The predicted molar refractivity (Wildman–Crippen MR) is 62.3 cm³/mol. The van der Waals surface area contributed by atoms with Gasteiger partial charge in [-0.05, 0) is 36.8 Å². The maximum absolute atomic E-state index is 10.2. The number of benzene rings is 1. The summed E-state index contributed by atoms with van der Waals surface area (Å²) in [5.41, 5.74) is 2.23. The Bertz CT molecular complexity index is 382. The molecule has 1 aliphatic carbocycles. The average Bonchev–Trinajstić information content (AvgIpc) is 2.27. The van der Waals surface area contributed by atoms with E-state index in [4.69, 9.17) is 4.74 Å². The van der Waals surface area contributed by atoms with E-state index in [1.165, 1.54) is 11.1 Å². The number of ether oxygens (including phenoxy) is 1. The third-order valence-electron chi connectivity index (χ3n) is 3.94. The number of fused-ring (bicyclic) bond motifs is 1. The van der Waals surface area contributed by atoms with E-state index in [1.807, 2.05) is 0 Å². The Morgan fingerprint density at radius 3 is 2.88 bits per heavy atom. The highest BCUT2D eigenvalue weighted by atomic mass is 16.5. The highest BCUT2D eigenvalue weighted by Crippen LogP contribution is 2.42. The fraction of sp³-hybridized carbons (Fsp3) is 0.571. The summed E-state index contributed by atoms with van der Waals surface area (Å²) in [6.07, 6.45) is 4.92. The van der Waals surface area contributed by atoms with E-state index in [0.717, 1.165) is 38.7 Å². The molecular formula is C14H18O2. The molecule has 16 heavy (non-hydrogen) atoms. The van der Waals surface area contributed by atoms with Crippen LogP contribution in [0.15, 0.2) is 24.3 Å². The van der Waals surface area contributed by atoms with E-state index in [0.29, 0.717) is 0 Å². The van der Waals surface area contributed by atoms with Crippen molar-refractivity contribution in [3.63, 3.8) is 0 Å². The Hall–Kier alpha value is -0.860. The first-order valence-corrected chi connectivity index (χ1v) is 6.19. The van der Waals surface area contributed by atoms with Crippen LogP contribution in [0.5, 0.6) is 0 Å². The molecule has 1 heterocycles. The summed E-state index contributed by atoms with van der Waals surface area (Å²) in [7, 11) is 0. The van der Waals surface area contributed by atoms with Crippen LogP contribution < -0.4 is 0 Å². The Morgan fingerprint density at radius 1 is 1.31 bits per heavy atom. The average molecular weight is 218 g/mol. The lowest BCUT2D eigenvalue weighted by Crippen LogP contribution is -2.39. The molecule has 0 saturated heterocycles. The zero-order chi connectivity index (χ0) is 11.0. The van der Waals surface area contributed by atoms with Gasteiger partial charge in [0, 0.05) is 6.42 Å². The van der Waals surface area contributed by atoms with Crippen molar-refractivity contribution < 1.29 is 9.84 Å². The van der Waals surface area contributed by atoms with Crippen LogP contribution in [0.25, 0.3) is 0 Å². The number of hydrogen-bond acceptors (Lipinski definition) is 2. The van der Waals surface area contributed by atoms with Crippen LogP contribution in [0.1, 0.15) is 42.9 Å². The van der Waals surface area contributed by atoms with Gasteiger partial charge in [0.15, 0.2) is 0 Å². The SMILES string of the molecule is OC1(CC2OCCc3ccccc32)CCC1. The van der Waals surface area contributed by atoms with Crippen LogP contribution in [0, 0.1) is 0 Å². The van der Waals surface area contributed by atoms with Crippen LogP contribution in [0.3, 0.4) is 0 Å². The Morgan fingerprint density at radius 2 is 2.12 bits per heavy atom. The quantitative estimate of drug-likeness (QED) is 0.826. The minimum atomic E-state index is -0.449. The van der Waals surface area contributed by atoms with Crippen molar-refractivity contribution in [1.29, 1.82) is 0 Å². The van der Waals surface area contributed by atoms with Crippen LogP contribution in [-0.4, -0.2) is 17.3 Å². The topological polar surface area (TPSA) is 29.5 Å². The number of aliphatic hydroxyl groups is 1. The normalized spacial score (nSPS) is 26.9. The van der Waals surface area contributed by atoms with E-state index < -0.39 is 5.60 Å². The van der Waals surface area contributed by atoms with E-state index in [2.05, 4.69) is 24.3 Å². The van der Waals surface area contributed by atoms with Crippen LogP contribution in [0.4, 0.5) is 0 Å². The van der Waals surface area contributed by atoms with Crippen LogP contribution in [0.2, 0.25) is 0 Å². The first-order valence-electron chi connectivity index (χ1n) is 6.19. The predicted octanol–water partition coefficient (Wildman–Crippen LogP) is 2.61. The largest absolute Gasteiger partial charge is 0.390 e. The molecule has 1 atom stereocenters. The van der Waals surface area contributed by atoms with Gasteiger partial charge in [-0.2, -0.15) is 0 Å². The van der Waals surface area contributed by atoms with Gasteiger partial charge in [-0.25, -0.2) is 0 Å². The van der Waals surface area contributed by atoms with E-state index in [-0.39, 0.29) is 6.10 Å². The van der Waals surface area contributed by atoms with Gasteiger partial charge < -0.3 is 9.84 Å². The Kier molecular flexibility index (Phi) is 2.49. The molecule has 0 spiro atoms. The van der Waals surface area contributed by atoms with Crippen LogP contribution in [-0.2, 0) is 11.2 Å². The molecule has 1 fully saturated rings. The van der Waals surface area contributed by atoms with Crippen molar-refractivity contribution in [3.8, 4) is 0 Å². The molecule has 0 amide bonds. The lowest BCUT2D eigenvalue weighted by atomic mass is 9.75. The van der Waals surface area contributed by atoms with Gasteiger partial charge in [-0.1, -0.05) is 24.3 Å². The summed E-state index contributed by atoms with van der Waals surface area (Å²) >= 11 is 0. The van der Waals surface area contributed by atoms with E-state index in [9.17, 15) is 5.11 Å². The molecular weight excluding hydrogens is 200 g/mol. The highest BCUT2D eigenvalue weighted by Gasteiger charge is 2.38. The first-order chi connectivity index (χ1) is 7.77.